The highest BCUT2D eigenvalue weighted by molar-refractivity contribution is 7.89. The molecule has 28 heavy (non-hydrogen) atoms. The van der Waals surface area contributed by atoms with Gasteiger partial charge in [0.25, 0.3) is 0 Å². The van der Waals surface area contributed by atoms with Gasteiger partial charge in [-0.05, 0) is 36.2 Å². The molecule has 0 heterocycles. The number of amides is 1. The van der Waals surface area contributed by atoms with Crippen LogP contribution in [0.3, 0.4) is 0 Å². The summed E-state index contributed by atoms with van der Waals surface area (Å²) in [5, 5.41) is 3.07. The zero-order valence-electron chi connectivity index (χ0n) is 15.6. The van der Waals surface area contributed by atoms with Crippen molar-refractivity contribution >= 4 is 27.5 Å². The third-order valence-corrected chi connectivity index (χ3v) is 5.73. The zero-order chi connectivity index (χ0) is 20.6. The smallest absolute Gasteiger partial charge is 0.241 e. The molecule has 2 aromatic rings. The lowest BCUT2D eigenvalue weighted by molar-refractivity contribution is -0.128. The summed E-state index contributed by atoms with van der Waals surface area (Å²) in [6, 6.07) is 13.8. The largest absolute Gasteiger partial charge is 0.354 e. The van der Waals surface area contributed by atoms with Crippen molar-refractivity contribution in [1.29, 1.82) is 0 Å². The minimum atomic E-state index is -3.92. The predicted molar refractivity (Wildman–Crippen MR) is 107 cm³/mol. The summed E-state index contributed by atoms with van der Waals surface area (Å²) >= 11 is 5.82. The van der Waals surface area contributed by atoms with Gasteiger partial charge >= 0.3 is 0 Å². The van der Waals surface area contributed by atoms with E-state index >= 15 is 0 Å². The number of ether oxygens (including phenoxy) is 2. The molecule has 9 heteroatoms. The topological polar surface area (TPSA) is 93.7 Å². The fraction of sp³-hybridized carbons (Fsp3) is 0.316. The zero-order valence-corrected chi connectivity index (χ0v) is 17.2. The lowest BCUT2D eigenvalue weighted by atomic mass is 10.1. The van der Waals surface area contributed by atoms with Crippen LogP contribution in [0.25, 0.3) is 0 Å². The van der Waals surface area contributed by atoms with E-state index in [1.165, 1.54) is 38.5 Å². The Balaban J connectivity index is 2.19. The molecule has 0 aromatic heterocycles. The molecule has 0 aliphatic carbocycles. The van der Waals surface area contributed by atoms with E-state index in [2.05, 4.69) is 10.0 Å². The molecular formula is C19H23ClN2O5S. The SMILES string of the molecule is COC(CNC(=O)C(Cc1ccccc1)NS(=O)(=O)c1ccc(Cl)cc1)OC. The van der Waals surface area contributed by atoms with Crippen LogP contribution in [0, 0.1) is 0 Å². The van der Waals surface area contributed by atoms with Gasteiger partial charge in [0.05, 0.1) is 11.4 Å². The van der Waals surface area contributed by atoms with Gasteiger partial charge in [0.15, 0.2) is 6.29 Å². The number of halogens is 1. The summed E-state index contributed by atoms with van der Waals surface area (Å²) in [4.78, 5) is 12.7. The highest BCUT2D eigenvalue weighted by Crippen LogP contribution is 2.15. The number of sulfonamides is 1. The molecule has 1 atom stereocenters. The number of carbonyl (C=O) groups excluding carboxylic acids is 1. The van der Waals surface area contributed by atoms with Gasteiger partial charge in [0.2, 0.25) is 15.9 Å². The van der Waals surface area contributed by atoms with Gasteiger partial charge in [-0.15, -0.1) is 0 Å². The fourth-order valence-corrected chi connectivity index (χ4v) is 3.80. The summed E-state index contributed by atoms with van der Waals surface area (Å²) < 4.78 is 38.0. The van der Waals surface area contributed by atoms with Crippen molar-refractivity contribution in [3.05, 3.63) is 65.2 Å². The maximum absolute atomic E-state index is 12.7. The quantitative estimate of drug-likeness (QED) is 0.566. The van der Waals surface area contributed by atoms with Gasteiger partial charge in [0, 0.05) is 19.2 Å². The second kappa shape index (κ2) is 10.5. The highest BCUT2D eigenvalue weighted by atomic mass is 35.5. The number of methoxy groups -OCH3 is 2. The van der Waals surface area contributed by atoms with Crippen LogP contribution in [-0.2, 0) is 30.7 Å². The Morgan fingerprint density at radius 2 is 1.64 bits per heavy atom. The first kappa shape index (κ1) is 22.3. The summed E-state index contributed by atoms with van der Waals surface area (Å²) in [5.74, 6) is -0.486. The van der Waals surface area contributed by atoms with Crippen molar-refractivity contribution in [3.63, 3.8) is 0 Å². The number of hydrogen-bond acceptors (Lipinski definition) is 5. The molecular weight excluding hydrogens is 404 g/mol. The summed E-state index contributed by atoms with van der Waals surface area (Å²) in [5.41, 5.74) is 0.816. The third-order valence-electron chi connectivity index (χ3n) is 3.99. The van der Waals surface area contributed by atoms with E-state index in [0.29, 0.717) is 5.02 Å². The molecule has 7 nitrogen and oxygen atoms in total. The molecule has 0 fully saturated rings. The fourth-order valence-electron chi connectivity index (χ4n) is 2.48. The van der Waals surface area contributed by atoms with Crippen LogP contribution >= 0.6 is 11.6 Å². The van der Waals surface area contributed by atoms with Crippen LogP contribution in [0.5, 0.6) is 0 Å². The van der Waals surface area contributed by atoms with E-state index in [1.807, 2.05) is 30.3 Å². The first-order valence-corrected chi connectivity index (χ1v) is 10.4. The first-order chi connectivity index (χ1) is 13.4. The van der Waals surface area contributed by atoms with Gasteiger partial charge in [0.1, 0.15) is 6.04 Å². The van der Waals surface area contributed by atoms with E-state index < -0.39 is 28.3 Å². The molecule has 0 aliphatic rings. The summed E-state index contributed by atoms with van der Waals surface area (Å²) in [6.45, 7) is 0.0831. The highest BCUT2D eigenvalue weighted by Gasteiger charge is 2.26. The molecule has 0 spiro atoms. The van der Waals surface area contributed by atoms with E-state index in [-0.39, 0.29) is 17.9 Å². The van der Waals surface area contributed by atoms with Gasteiger partial charge in [-0.3, -0.25) is 4.79 Å². The second-order valence-electron chi connectivity index (χ2n) is 5.96. The normalized spacial score (nSPS) is 12.7. The standard InChI is InChI=1S/C19H23ClN2O5S/c1-26-18(27-2)13-21-19(23)17(12-14-6-4-3-5-7-14)22-28(24,25)16-10-8-15(20)9-11-16/h3-11,17-18,22H,12-13H2,1-2H3,(H,21,23). The molecule has 0 saturated heterocycles. The van der Waals surface area contributed by atoms with Crippen LogP contribution in [0.2, 0.25) is 5.02 Å². The Morgan fingerprint density at radius 1 is 1.04 bits per heavy atom. The van der Waals surface area contributed by atoms with Gasteiger partial charge in [-0.2, -0.15) is 4.72 Å². The predicted octanol–water partition coefficient (Wildman–Crippen LogP) is 1.96. The Bertz CT molecular complexity index is 856. The van der Waals surface area contributed by atoms with Crippen molar-refractivity contribution in [3.8, 4) is 0 Å². The van der Waals surface area contributed by atoms with Gasteiger partial charge in [-0.1, -0.05) is 41.9 Å². The van der Waals surface area contributed by atoms with E-state index in [0.717, 1.165) is 5.56 Å². The van der Waals surface area contributed by atoms with Crippen LogP contribution in [0.15, 0.2) is 59.5 Å². The molecule has 0 radical (unpaired) electrons. The number of rotatable bonds is 10. The third kappa shape index (κ3) is 6.57. The van der Waals surface area contributed by atoms with Crippen LogP contribution in [-0.4, -0.2) is 47.4 Å². The number of carbonyl (C=O) groups is 1. The van der Waals surface area contributed by atoms with Crippen molar-refractivity contribution in [2.45, 2.75) is 23.6 Å². The Kier molecular flexibility index (Phi) is 8.40. The second-order valence-corrected chi connectivity index (χ2v) is 8.11. The molecule has 2 rings (SSSR count). The van der Waals surface area contributed by atoms with Crippen molar-refractivity contribution in [2.24, 2.45) is 0 Å². The molecule has 2 N–H and O–H groups in total. The van der Waals surface area contributed by atoms with Gasteiger partial charge in [-0.25, -0.2) is 8.42 Å². The lowest BCUT2D eigenvalue weighted by Gasteiger charge is -2.20. The molecule has 1 unspecified atom stereocenters. The average molecular weight is 427 g/mol. The maximum atomic E-state index is 12.7. The summed E-state index contributed by atoms with van der Waals surface area (Å²) in [7, 11) is -1.02. The number of hydrogen-bond donors (Lipinski definition) is 2. The Hall–Kier alpha value is -1.97. The molecule has 152 valence electrons. The number of nitrogens with one attached hydrogen (secondary N) is 2. The molecule has 0 bridgehead atoms. The van der Waals surface area contributed by atoms with E-state index in [4.69, 9.17) is 21.1 Å². The van der Waals surface area contributed by atoms with Crippen molar-refractivity contribution in [1.82, 2.24) is 10.0 Å². The van der Waals surface area contributed by atoms with E-state index in [9.17, 15) is 13.2 Å². The minimum absolute atomic E-state index is 0.0226. The van der Waals surface area contributed by atoms with E-state index in [1.54, 1.807) is 0 Å². The first-order valence-electron chi connectivity index (χ1n) is 8.51. The molecule has 1 amide bonds. The van der Waals surface area contributed by atoms with Crippen molar-refractivity contribution < 1.29 is 22.7 Å². The molecule has 0 aliphatic heterocycles. The monoisotopic (exact) mass is 426 g/mol. The minimum Gasteiger partial charge on any atom is -0.354 e. The van der Waals surface area contributed by atoms with Crippen LogP contribution in [0.4, 0.5) is 0 Å². The summed E-state index contributed by atoms with van der Waals surface area (Å²) in [6.07, 6.45) is -0.446. The molecule has 0 saturated carbocycles. The van der Waals surface area contributed by atoms with Gasteiger partial charge < -0.3 is 14.8 Å². The van der Waals surface area contributed by atoms with Crippen molar-refractivity contribution in [2.75, 3.05) is 20.8 Å². The van der Waals surface area contributed by atoms with Crippen LogP contribution < -0.4 is 10.0 Å². The lowest BCUT2D eigenvalue weighted by Crippen LogP contribution is -2.49. The molecule has 2 aromatic carbocycles. The Labute approximate surface area is 170 Å². The van der Waals surface area contributed by atoms with Crippen LogP contribution in [0.1, 0.15) is 5.56 Å². The number of benzene rings is 2. The Morgan fingerprint density at radius 3 is 2.21 bits per heavy atom. The maximum Gasteiger partial charge on any atom is 0.241 e. The average Bonchev–Trinajstić information content (AvgIpc) is 2.69.